The summed E-state index contributed by atoms with van der Waals surface area (Å²) in [6.45, 7) is 2.50. The molecule has 2 rings (SSSR count). The SMILES string of the molecule is CCS(=O)(=O)N(C)CCCNC(=O)C1(c2ccc(Cl)cc2)CC1. The summed E-state index contributed by atoms with van der Waals surface area (Å²) < 4.78 is 24.6. The van der Waals surface area contributed by atoms with Gasteiger partial charge in [0.25, 0.3) is 0 Å². The van der Waals surface area contributed by atoms with Crippen LogP contribution >= 0.6 is 11.6 Å². The predicted molar refractivity (Wildman–Crippen MR) is 92.1 cm³/mol. The molecule has 128 valence electrons. The first-order chi connectivity index (χ1) is 10.8. The fourth-order valence-corrected chi connectivity index (χ4v) is 3.55. The highest BCUT2D eigenvalue weighted by atomic mass is 35.5. The molecule has 0 heterocycles. The van der Waals surface area contributed by atoms with Crippen molar-refractivity contribution in [3.8, 4) is 0 Å². The van der Waals surface area contributed by atoms with Crippen molar-refractivity contribution in [2.45, 2.75) is 31.6 Å². The van der Waals surface area contributed by atoms with Crippen LogP contribution in [0.4, 0.5) is 0 Å². The van der Waals surface area contributed by atoms with E-state index in [9.17, 15) is 13.2 Å². The summed E-state index contributed by atoms with van der Waals surface area (Å²) in [6, 6.07) is 7.40. The maximum Gasteiger partial charge on any atom is 0.230 e. The van der Waals surface area contributed by atoms with Crippen LogP contribution in [0.1, 0.15) is 31.7 Å². The number of carbonyl (C=O) groups is 1. The van der Waals surface area contributed by atoms with Gasteiger partial charge >= 0.3 is 0 Å². The molecule has 0 radical (unpaired) electrons. The third kappa shape index (κ3) is 4.25. The van der Waals surface area contributed by atoms with Gasteiger partial charge in [0.05, 0.1) is 11.2 Å². The highest BCUT2D eigenvalue weighted by Crippen LogP contribution is 2.48. The number of hydrogen-bond acceptors (Lipinski definition) is 3. The molecule has 1 aromatic rings. The Balaban J connectivity index is 1.83. The Labute approximate surface area is 143 Å². The minimum absolute atomic E-state index is 0.0147. The molecule has 0 aliphatic heterocycles. The molecule has 0 spiro atoms. The van der Waals surface area contributed by atoms with Gasteiger partial charge in [0.2, 0.25) is 15.9 Å². The van der Waals surface area contributed by atoms with E-state index in [4.69, 9.17) is 11.6 Å². The van der Waals surface area contributed by atoms with Gasteiger partial charge in [-0.05, 0) is 43.9 Å². The number of nitrogens with zero attached hydrogens (tertiary/aromatic N) is 1. The minimum Gasteiger partial charge on any atom is -0.355 e. The Kier molecular flexibility index (Phi) is 5.70. The molecular formula is C16H23ClN2O3S. The molecule has 0 saturated heterocycles. The molecule has 1 N–H and O–H groups in total. The van der Waals surface area contributed by atoms with E-state index >= 15 is 0 Å². The summed E-state index contributed by atoms with van der Waals surface area (Å²) in [5, 5.41) is 3.59. The first-order valence-corrected chi connectivity index (χ1v) is 9.79. The van der Waals surface area contributed by atoms with Crippen LogP contribution < -0.4 is 5.32 Å². The van der Waals surface area contributed by atoms with Gasteiger partial charge in [-0.2, -0.15) is 0 Å². The van der Waals surface area contributed by atoms with E-state index in [0.717, 1.165) is 18.4 Å². The van der Waals surface area contributed by atoms with Crippen LogP contribution in [-0.4, -0.2) is 44.5 Å². The standard InChI is InChI=1S/C16H23ClN2O3S/c1-3-23(21,22)19(2)12-4-11-18-15(20)16(9-10-16)13-5-7-14(17)8-6-13/h5-8H,3-4,9-12H2,1-2H3,(H,18,20). The number of hydrogen-bond donors (Lipinski definition) is 1. The zero-order valence-corrected chi connectivity index (χ0v) is 15.1. The number of amides is 1. The van der Waals surface area contributed by atoms with E-state index in [1.165, 1.54) is 4.31 Å². The van der Waals surface area contributed by atoms with Crippen molar-refractivity contribution >= 4 is 27.5 Å². The smallest absolute Gasteiger partial charge is 0.230 e. The monoisotopic (exact) mass is 358 g/mol. The molecule has 1 fully saturated rings. The largest absolute Gasteiger partial charge is 0.355 e. The van der Waals surface area contributed by atoms with Crippen molar-refractivity contribution in [3.05, 3.63) is 34.9 Å². The van der Waals surface area contributed by atoms with Crippen LogP contribution in [0.15, 0.2) is 24.3 Å². The molecule has 1 aliphatic rings. The Morgan fingerprint density at radius 3 is 2.43 bits per heavy atom. The van der Waals surface area contributed by atoms with Gasteiger partial charge in [-0.1, -0.05) is 23.7 Å². The lowest BCUT2D eigenvalue weighted by Crippen LogP contribution is -2.37. The fourth-order valence-electron chi connectivity index (χ4n) is 2.57. The summed E-state index contributed by atoms with van der Waals surface area (Å²) in [6.07, 6.45) is 2.27. The van der Waals surface area contributed by atoms with Crippen LogP contribution in [0, 0.1) is 0 Å². The van der Waals surface area contributed by atoms with E-state index in [2.05, 4.69) is 5.32 Å². The molecule has 1 aliphatic carbocycles. The van der Waals surface area contributed by atoms with Crippen molar-refractivity contribution in [2.75, 3.05) is 25.9 Å². The average Bonchev–Trinajstić information content (AvgIpc) is 3.33. The van der Waals surface area contributed by atoms with E-state index in [1.54, 1.807) is 26.1 Å². The van der Waals surface area contributed by atoms with Gasteiger partial charge in [-0.15, -0.1) is 0 Å². The van der Waals surface area contributed by atoms with Crippen molar-refractivity contribution < 1.29 is 13.2 Å². The Bertz CT molecular complexity index is 654. The lowest BCUT2D eigenvalue weighted by atomic mass is 9.95. The zero-order chi connectivity index (χ0) is 17.1. The van der Waals surface area contributed by atoms with Crippen molar-refractivity contribution in [3.63, 3.8) is 0 Å². The molecule has 1 saturated carbocycles. The summed E-state index contributed by atoms with van der Waals surface area (Å²) in [5.41, 5.74) is 0.566. The first kappa shape index (κ1) is 18.2. The average molecular weight is 359 g/mol. The molecule has 1 aromatic carbocycles. The number of carbonyl (C=O) groups excluding carboxylic acids is 1. The third-order valence-electron chi connectivity index (χ3n) is 4.36. The second-order valence-electron chi connectivity index (χ2n) is 5.92. The quantitative estimate of drug-likeness (QED) is 0.724. The van der Waals surface area contributed by atoms with Crippen molar-refractivity contribution in [1.29, 1.82) is 0 Å². The Hall–Kier alpha value is -1.11. The molecule has 0 aromatic heterocycles. The molecule has 5 nitrogen and oxygen atoms in total. The molecular weight excluding hydrogens is 336 g/mol. The Morgan fingerprint density at radius 1 is 1.30 bits per heavy atom. The number of benzene rings is 1. The summed E-state index contributed by atoms with van der Waals surface area (Å²) in [4.78, 5) is 12.4. The highest BCUT2D eigenvalue weighted by Gasteiger charge is 2.50. The molecule has 7 heteroatoms. The van der Waals surface area contributed by atoms with E-state index in [-0.39, 0.29) is 11.7 Å². The van der Waals surface area contributed by atoms with Crippen molar-refractivity contribution in [1.82, 2.24) is 9.62 Å². The lowest BCUT2D eigenvalue weighted by molar-refractivity contribution is -0.123. The normalized spacial score (nSPS) is 16.3. The van der Waals surface area contributed by atoms with Gasteiger partial charge in [0.15, 0.2) is 0 Å². The highest BCUT2D eigenvalue weighted by molar-refractivity contribution is 7.89. The summed E-state index contributed by atoms with van der Waals surface area (Å²) >= 11 is 5.89. The fraction of sp³-hybridized carbons (Fsp3) is 0.562. The second kappa shape index (κ2) is 7.20. The van der Waals surface area contributed by atoms with Crippen LogP contribution in [-0.2, 0) is 20.2 Å². The van der Waals surface area contributed by atoms with E-state index in [0.29, 0.717) is 24.5 Å². The predicted octanol–water partition coefficient (Wildman–Crippen LogP) is 2.16. The first-order valence-electron chi connectivity index (χ1n) is 7.80. The van der Waals surface area contributed by atoms with Gasteiger partial charge in [0, 0.05) is 25.2 Å². The van der Waals surface area contributed by atoms with Crippen LogP contribution in [0.3, 0.4) is 0 Å². The third-order valence-corrected chi connectivity index (χ3v) is 6.47. The maximum atomic E-state index is 12.4. The zero-order valence-electron chi connectivity index (χ0n) is 13.5. The molecule has 23 heavy (non-hydrogen) atoms. The summed E-state index contributed by atoms with van der Waals surface area (Å²) in [7, 11) is -1.59. The topological polar surface area (TPSA) is 66.5 Å². The van der Waals surface area contributed by atoms with Crippen molar-refractivity contribution in [2.24, 2.45) is 0 Å². The van der Waals surface area contributed by atoms with E-state index in [1.807, 2.05) is 12.1 Å². The van der Waals surface area contributed by atoms with Crippen LogP contribution in [0.25, 0.3) is 0 Å². The number of nitrogens with one attached hydrogen (secondary N) is 1. The molecule has 0 bridgehead atoms. The molecule has 1 amide bonds. The van der Waals surface area contributed by atoms with Crippen LogP contribution in [0.5, 0.6) is 0 Å². The Morgan fingerprint density at radius 2 is 1.91 bits per heavy atom. The number of sulfonamides is 1. The van der Waals surface area contributed by atoms with Crippen LogP contribution in [0.2, 0.25) is 5.02 Å². The molecule has 0 unspecified atom stereocenters. The van der Waals surface area contributed by atoms with Gasteiger partial charge < -0.3 is 5.32 Å². The van der Waals surface area contributed by atoms with Gasteiger partial charge in [-0.3, -0.25) is 4.79 Å². The summed E-state index contributed by atoms with van der Waals surface area (Å²) in [5.74, 6) is 0.107. The second-order valence-corrected chi connectivity index (χ2v) is 8.72. The van der Waals surface area contributed by atoms with Gasteiger partial charge in [0.1, 0.15) is 0 Å². The maximum absolute atomic E-state index is 12.4. The molecule has 0 atom stereocenters. The number of halogens is 1. The van der Waals surface area contributed by atoms with Gasteiger partial charge in [-0.25, -0.2) is 12.7 Å². The van der Waals surface area contributed by atoms with E-state index < -0.39 is 15.4 Å². The lowest BCUT2D eigenvalue weighted by Gasteiger charge is -2.18. The minimum atomic E-state index is -3.15. The number of rotatable bonds is 8.